The van der Waals surface area contributed by atoms with Gasteiger partial charge in [0.05, 0.1) is 13.2 Å². The lowest BCUT2D eigenvalue weighted by Crippen LogP contribution is -2.25. The predicted octanol–water partition coefficient (Wildman–Crippen LogP) is 2.65. The molecule has 1 fully saturated rings. The average molecular weight is 235 g/mol. The molecular formula is C14H21NO2. The Morgan fingerprint density at radius 3 is 2.53 bits per heavy atom. The lowest BCUT2D eigenvalue weighted by Gasteiger charge is -2.23. The van der Waals surface area contributed by atoms with Crippen LogP contribution < -0.4 is 10.5 Å². The largest absolute Gasteiger partial charge is 0.490 e. The van der Waals surface area contributed by atoms with E-state index in [9.17, 15) is 0 Å². The number of ether oxygens (including phenoxy) is 2. The van der Waals surface area contributed by atoms with Gasteiger partial charge in [0.25, 0.3) is 0 Å². The number of hydrogen-bond donors (Lipinski definition) is 1. The molecule has 0 radical (unpaired) electrons. The molecule has 3 nitrogen and oxygen atoms in total. The zero-order chi connectivity index (χ0) is 12.1. The van der Waals surface area contributed by atoms with Crippen LogP contribution in [0, 0.1) is 0 Å². The summed E-state index contributed by atoms with van der Waals surface area (Å²) in [6, 6.07) is 8.28. The Bertz CT molecular complexity index is 331. The third kappa shape index (κ3) is 3.45. The van der Waals surface area contributed by atoms with Crippen molar-refractivity contribution >= 4 is 0 Å². The molecule has 94 valence electrons. The topological polar surface area (TPSA) is 44.5 Å². The van der Waals surface area contributed by atoms with Gasteiger partial charge in [-0.1, -0.05) is 19.1 Å². The molecule has 1 aromatic rings. The number of nitrogens with two attached hydrogens (primary N) is 1. The molecule has 0 bridgehead atoms. The Morgan fingerprint density at radius 2 is 1.94 bits per heavy atom. The maximum absolute atomic E-state index is 5.97. The van der Waals surface area contributed by atoms with Crippen molar-refractivity contribution in [3.8, 4) is 5.75 Å². The lowest BCUT2D eigenvalue weighted by molar-refractivity contribution is 0.0255. The Hall–Kier alpha value is -1.06. The van der Waals surface area contributed by atoms with E-state index in [0.29, 0.717) is 6.10 Å². The lowest BCUT2D eigenvalue weighted by atomic mass is 10.1. The quantitative estimate of drug-likeness (QED) is 0.872. The molecule has 3 heteroatoms. The highest BCUT2D eigenvalue weighted by atomic mass is 16.5. The SMILES string of the molecule is CC[C@H](N)c1ccc(OC2CCOCC2)cc1. The van der Waals surface area contributed by atoms with Crippen LogP contribution >= 0.6 is 0 Å². The molecule has 1 aliphatic heterocycles. The van der Waals surface area contributed by atoms with Crippen LogP contribution in [0.3, 0.4) is 0 Å². The van der Waals surface area contributed by atoms with Gasteiger partial charge in [0.2, 0.25) is 0 Å². The van der Waals surface area contributed by atoms with Gasteiger partial charge in [0.15, 0.2) is 0 Å². The minimum Gasteiger partial charge on any atom is -0.490 e. The first kappa shape index (κ1) is 12.4. The first-order chi connectivity index (χ1) is 8.29. The van der Waals surface area contributed by atoms with Gasteiger partial charge in [-0.2, -0.15) is 0 Å². The van der Waals surface area contributed by atoms with E-state index in [1.54, 1.807) is 0 Å². The van der Waals surface area contributed by atoms with Gasteiger partial charge in [-0.3, -0.25) is 0 Å². The van der Waals surface area contributed by atoms with Crippen LogP contribution in [0.1, 0.15) is 37.8 Å². The summed E-state index contributed by atoms with van der Waals surface area (Å²) in [6.07, 6.45) is 3.22. The van der Waals surface area contributed by atoms with Crippen molar-refractivity contribution in [2.45, 2.75) is 38.3 Å². The van der Waals surface area contributed by atoms with Crippen LogP contribution in [0.4, 0.5) is 0 Å². The number of benzene rings is 1. The van der Waals surface area contributed by atoms with E-state index in [1.807, 2.05) is 12.1 Å². The second-order valence-electron chi connectivity index (χ2n) is 4.51. The minimum absolute atomic E-state index is 0.132. The summed E-state index contributed by atoms with van der Waals surface area (Å²) < 4.78 is 11.2. The molecule has 1 aromatic carbocycles. The second-order valence-corrected chi connectivity index (χ2v) is 4.51. The highest BCUT2D eigenvalue weighted by molar-refractivity contribution is 5.29. The highest BCUT2D eigenvalue weighted by Gasteiger charge is 2.15. The third-order valence-electron chi connectivity index (χ3n) is 3.22. The van der Waals surface area contributed by atoms with Crippen LogP contribution in [0.25, 0.3) is 0 Å². The molecule has 1 atom stereocenters. The molecule has 0 saturated carbocycles. The summed E-state index contributed by atoms with van der Waals surface area (Å²) in [5.74, 6) is 0.934. The average Bonchev–Trinajstić information content (AvgIpc) is 2.40. The van der Waals surface area contributed by atoms with Gasteiger partial charge >= 0.3 is 0 Å². The summed E-state index contributed by atoms with van der Waals surface area (Å²) >= 11 is 0. The molecule has 0 aliphatic carbocycles. The minimum atomic E-state index is 0.132. The van der Waals surface area contributed by atoms with Gasteiger partial charge in [-0.25, -0.2) is 0 Å². The molecule has 2 rings (SSSR count). The van der Waals surface area contributed by atoms with E-state index in [-0.39, 0.29) is 6.04 Å². The van der Waals surface area contributed by atoms with Crippen molar-refractivity contribution in [3.05, 3.63) is 29.8 Å². The Kier molecular flexibility index (Phi) is 4.40. The standard InChI is InChI=1S/C14H21NO2/c1-2-14(15)11-3-5-12(6-4-11)17-13-7-9-16-10-8-13/h3-6,13-14H,2,7-10,15H2,1H3/t14-/m0/s1. The molecule has 1 aliphatic rings. The molecule has 2 N–H and O–H groups in total. The van der Waals surface area contributed by atoms with E-state index in [2.05, 4.69) is 19.1 Å². The van der Waals surface area contributed by atoms with Gasteiger partial charge in [-0.15, -0.1) is 0 Å². The summed E-state index contributed by atoms with van der Waals surface area (Å²) in [6.45, 7) is 3.71. The van der Waals surface area contributed by atoms with Crippen molar-refractivity contribution in [3.63, 3.8) is 0 Å². The van der Waals surface area contributed by atoms with Crippen molar-refractivity contribution in [1.29, 1.82) is 0 Å². The Morgan fingerprint density at radius 1 is 1.29 bits per heavy atom. The van der Waals surface area contributed by atoms with E-state index in [0.717, 1.165) is 38.2 Å². The van der Waals surface area contributed by atoms with Gasteiger partial charge in [-0.05, 0) is 24.1 Å². The van der Waals surface area contributed by atoms with E-state index in [4.69, 9.17) is 15.2 Å². The molecule has 1 saturated heterocycles. The van der Waals surface area contributed by atoms with Crippen LogP contribution in [0.2, 0.25) is 0 Å². The summed E-state index contributed by atoms with van der Waals surface area (Å²) in [7, 11) is 0. The van der Waals surface area contributed by atoms with Crippen molar-refractivity contribution < 1.29 is 9.47 Å². The predicted molar refractivity (Wildman–Crippen MR) is 68.1 cm³/mol. The van der Waals surface area contributed by atoms with E-state index >= 15 is 0 Å². The number of hydrogen-bond acceptors (Lipinski definition) is 3. The first-order valence-electron chi connectivity index (χ1n) is 6.39. The molecule has 0 aromatic heterocycles. The first-order valence-corrected chi connectivity index (χ1v) is 6.39. The maximum atomic E-state index is 5.97. The van der Waals surface area contributed by atoms with Gasteiger partial charge in [0.1, 0.15) is 11.9 Å². The Labute approximate surface area is 103 Å². The second kappa shape index (κ2) is 6.03. The zero-order valence-electron chi connectivity index (χ0n) is 10.4. The van der Waals surface area contributed by atoms with Crippen molar-refractivity contribution in [2.24, 2.45) is 5.73 Å². The van der Waals surface area contributed by atoms with Crippen LogP contribution in [-0.4, -0.2) is 19.3 Å². The molecule has 0 amide bonds. The summed E-state index contributed by atoms with van der Waals surface area (Å²) in [5, 5.41) is 0. The highest BCUT2D eigenvalue weighted by Crippen LogP contribution is 2.21. The third-order valence-corrected chi connectivity index (χ3v) is 3.22. The Balaban J connectivity index is 1.93. The molecule has 0 unspecified atom stereocenters. The van der Waals surface area contributed by atoms with Crippen LogP contribution in [0.5, 0.6) is 5.75 Å². The molecular weight excluding hydrogens is 214 g/mol. The van der Waals surface area contributed by atoms with Gasteiger partial charge in [0, 0.05) is 18.9 Å². The normalized spacial score (nSPS) is 18.9. The molecule has 1 heterocycles. The maximum Gasteiger partial charge on any atom is 0.119 e. The van der Waals surface area contributed by atoms with Crippen molar-refractivity contribution in [2.75, 3.05) is 13.2 Å². The smallest absolute Gasteiger partial charge is 0.119 e. The van der Waals surface area contributed by atoms with Crippen molar-refractivity contribution in [1.82, 2.24) is 0 Å². The fourth-order valence-electron chi connectivity index (χ4n) is 2.02. The summed E-state index contributed by atoms with van der Waals surface area (Å²) in [4.78, 5) is 0. The number of rotatable bonds is 4. The van der Waals surface area contributed by atoms with E-state index in [1.165, 1.54) is 5.56 Å². The van der Waals surface area contributed by atoms with E-state index < -0.39 is 0 Å². The fourth-order valence-corrected chi connectivity index (χ4v) is 2.02. The van der Waals surface area contributed by atoms with Crippen LogP contribution in [-0.2, 0) is 4.74 Å². The van der Waals surface area contributed by atoms with Crippen LogP contribution in [0.15, 0.2) is 24.3 Å². The zero-order valence-corrected chi connectivity index (χ0v) is 10.4. The van der Waals surface area contributed by atoms with Gasteiger partial charge < -0.3 is 15.2 Å². The summed E-state index contributed by atoms with van der Waals surface area (Å²) in [5.41, 5.74) is 7.14. The monoisotopic (exact) mass is 235 g/mol. The fraction of sp³-hybridized carbons (Fsp3) is 0.571. The molecule has 0 spiro atoms. The molecule has 17 heavy (non-hydrogen) atoms.